The molecule has 6 heterocycles. The first-order chi connectivity index (χ1) is 16.2. The molecule has 0 aliphatic carbocycles. The van der Waals surface area contributed by atoms with Crippen LogP contribution in [0.1, 0.15) is 33.4 Å². The lowest BCUT2D eigenvalue weighted by molar-refractivity contribution is -0.689. The smallest absolute Gasteiger partial charge is 0.233 e. The van der Waals surface area contributed by atoms with Crippen LogP contribution in [0.25, 0.3) is 0 Å². The van der Waals surface area contributed by atoms with E-state index in [0.29, 0.717) is 0 Å². The predicted molar refractivity (Wildman–Crippen MR) is 121 cm³/mol. The maximum absolute atomic E-state index is 2.36. The van der Waals surface area contributed by atoms with Crippen molar-refractivity contribution in [2.75, 3.05) is 0 Å². The highest BCUT2D eigenvalue weighted by Crippen LogP contribution is 2.16. The molecule has 0 N–H and O–H groups in total. The zero-order chi connectivity index (χ0) is 21.8. The molecule has 8 rings (SSSR count). The maximum atomic E-state index is 2.36. The van der Waals surface area contributed by atoms with Crippen molar-refractivity contribution in [1.29, 1.82) is 0 Å². The highest BCUT2D eigenvalue weighted by atomic mass is 15.1. The normalized spacial score (nSPS) is 14.5. The number of imidazole rings is 3. The zero-order valence-electron chi connectivity index (χ0n) is 18.6. The minimum Gasteiger partial charge on any atom is -0.233 e. The van der Waals surface area contributed by atoms with Crippen molar-refractivity contribution in [2.24, 2.45) is 0 Å². The third kappa shape index (κ3) is 3.78. The van der Waals surface area contributed by atoms with Gasteiger partial charge in [-0.25, -0.2) is 27.4 Å². The highest BCUT2D eigenvalue weighted by Gasteiger charge is 2.16. The van der Waals surface area contributed by atoms with Gasteiger partial charge in [0, 0.05) is 0 Å². The summed E-state index contributed by atoms with van der Waals surface area (Å²) in [5.41, 5.74) is 8.05. The molecule has 3 aliphatic heterocycles. The molecular formula is C27H27N6+3. The summed E-state index contributed by atoms with van der Waals surface area (Å²) in [6.07, 6.45) is 19.8. The molecule has 0 saturated carbocycles. The van der Waals surface area contributed by atoms with Gasteiger partial charge in [0.15, 0.2) is 0 Å². The quantitative estimate of drug-likeness (QED) is 0.325. The van der Waals surface area contributed by atoms with Crippen LogP contribution in [0.4, 0.5) is 0 Å². The molecule has 162 valence electrons. The first kappa shape index (κ1) is 18.6. The van der Waals surface area contributed by atoms with E-state index in [2.05, 4.69) is 120 Å². The van der Waals surface area contributed by atoms with Crippen molar-refractivity contribution in [1.82, 2.24) is 13.7 Å². The fourth-order valence-electron chi connectivity index (χ4n) is 5.37. The van der Waals surface area contributed by atoms with E-state index in [1.54, 1.807) is 0 Å². The SMILES string of the molecule is c1c2cc3cc1Cn1cc[n+](c1)Cc1cc(cc(c1)C[n+]1ccn(c1)C3)C[n+]1ccn(c1)C2. The molecule has 2 aromatic carbocycles. The first-order valence-corrected chi connectivity index (χ1v) is 11.6. The maximum Gasteiger partial charge on any atom is 0.244 e. The van der Waals surface area contributed by atoms with E-state index in [1.807, 2.05) is 0 Å². The average Bonchev–Trinajstić information content (AvgIpc) is 3.50. The van der Waals surface area contributed by atoms with Crippen LogP contribution < -0.4 is 13.7 Å². The van der Waals surface area contributed by atoms with Gasteiger partial charge in [-0.1, -0.05) is 0 Å². The molecule has 0 fully saturated rings. The van der Waals surface area contributed by atoms with Gasteiger partial charge in [0.05, 0.1) is 0 Å². The summed E-state index contributed by atoms with van der Waals surface area (Å²) in [5, 5.41) is 0. The van der Waals surface area contributed by atoms with E-state index in [-0.39, 0.29) is 0 Å². The van der Waals surface area contributed by atoms with Gasteiger partial charge in [0.1, 0.15) is 76.4 Å². The van der Waals surface area contributed by atoms with Crippen molar-refractivity contribution in [2.45, 2.75) is 39.3 Å². The Kier molecular flexibility index (Phi) is 4.12. The standard InChI is InChI=1S/C27H27N6/c1-2-29-14-23-9-26-12-27(10-23)18-33-6-4-31(21-33)16-25-8-22(13-28(1)19-29)7-24(11-25)15-30-3-5-32(17-26)20-30/h1-12,19-21H,13-18H2/q+3. The Morgan fingerprint density at radius 3 is 1.06 bits per heavy atom. The van der Waals surface area contributed by atoms with Crippen LogP contribution >= 0.6 is 0 Å². The molecule has 3 aromatic heterocycles. The molecule has 6 nitrogen and oxygen atoms in total. The molecule has 0 atom stereocenters. The Morgan fingerprint density at radius 1 is 0.424 bits per heavy atom. The Hall–Kier alpha value is -3.93. The van der Waals surface area contributed by atoms with Gasteiger partial charge in [-0.2, -0.15) is 0 Å². The highest BCUT2D eigenvalue weighted by molar-refractivity contribution is 5.32. The summed E-state index contributed by atoms with van der Waals surface area (Å²) in [4.78, 5) is 0. The number of benzene rings is 2. The molecule has 0 unspecified atom stereocenters. The minimum absolute atomic E-state index is 0.872. The molecule has 6 heteroatoms. The molecule has 0 amide bonds. The molecule has 5 aromatic rings. The largest absolute Gasteiger partial charge is 0.244 e. The van der Waals surface area contributed by atoms with Crippen molar-refractivity contribution in [3.8, 4) is 0 Å². The number of hydrogen-bond acceptors (Lipinski definition) is 0. The zero-order valence-corrected chi connectivity index (χ0v) is 18.6. The van der Waals surface area contributed by atoms with Gasteiger partial charge in [-0.15, -0.1) is 0 Å². The number of nitrogens with zero attached hydrogens (tertiary/aromatic N) is 6. The molecule has 0 radical (unpaired) electrons. The third-order valence-electron chi connectivity index (χ3n) is 6.65. The molecule has 33 heavy (non-hydrogen) atoms. The van der Waals surface area contributed by atoms with Crippen LogP contribution in [-0.2, 0) is 39.3 Å². The summed E-state index contributed by atoms with van der Waals surface area (Å²) in [7, 11) is 0. The van der Waals surface area contributed by atoms with Crippen LogP contribution in [-0.4, -0.2) is 13.7 Å². The second-order valence-electron chi connectivity index (χ2n) is 9.59. The van der Waals surface area contributed by atoms with Crippen LogP contribution in [0.5, 0.6) is 0 Å². The Labute approximate surface area is 192 Å². The van der Waals surface area contributed by atoms with E-state index >= 15 is 0 Å². The second kappa shape index (κ2) is 7.30. The van der Waals surface area contributed by atoms with Crippen molar-refractivity contribution < 1.29 is 13.7 Å². The predicted octanol–water partition coefficient (Wildman–Crippen LogP) is 1.87. The van der Waals surface area contributed by atoms with E-state index in [0.717, 1.165) is 39.3 Å². The van der Waals surface area contributed by atoms with Gasteiger partial charge in [-0.3, -0.25) is 0 Å². The molecule has 12 bridgehead atoms. The van der Waals surface area contributed by atoms with Gasteiger partial charge in [0.2, 0.25) is 19.0 Å². The number of hydrogen-bond donors (Lipinski definition) is 0. The van der Waals surface area contributed by atoms with Crippen LogP contribution in [0.3, 0.4) is 0 Å². The monoisotopic (exact) mass is 435 g/mol. The van der Waals surface area contributed by atoms with Crippen LogP contribution in [0.2, 0.25) is 0 Å². The van der Waals surface area contributed by atoms with Crippen LogP contribution in [0, 0.1) is 0 Å². The summed E-state index contributed by atoms with van der Waals surface area (Å²) < 4.78 is 13.7. The fourth-order valence-corrected chi connectivity index (χ4v) is 5.37. The number of rotatable bonds is 0. The second-order valence-corrected chi connectivity index (χ2v) is 9.59. The summed E-state index contributed by atoms with van der Waals surface area (Å²) in [6.45, 7) is 5.23. The lowest BCUT2D eigenvalue weighted by Gasteiger charge is -2.09. The van der Waals surface area contributed by atoms with Gasteiger partial charge in [0.25, 0.3) is 0 Å². The number of aromatic nitrogens is 6. The summed E-state index contributed by atoms with van der Waals surface area (Å²) >= 11 is 0. The minimum atomic E-state index is 0.872. The molecule has 3 aliphatic rings. The summed E-state index contributed by atoms with van der Waals surface area (Å²) in [6, 6.07) is 14.2. The van der Waals surface area contributed by atoms with Crippen LogP contribution in [0.15, 0.2) is 92.6 Å². The van der Waals surface area contributed by atoms with Crippen molar-refractivity contribution >= 4 is 0 Å². The third-order valence-corrected chi connectivity index (χ3v) is 6.65. The Bertz CT molecular complexity index is 1180. The van der Waals surface area contributed by atoms with Gasteiger partial charge < -0.3 is 0 Å². The Balaban J connectivity index is 1.47. The average molecular weight is 436 g/mol. The molecule has 0 spiro atoms. The van der Waals surface area contributed by atoms with E-state index < -0.39 is 0 Å². The fraction of sp³-hybridized carbons (Fsp3) is 0.222. The van der Waals surface area contributed by atoms with E-state index in [4.69, 9.17) is 0 Å². The first-order valence-electron chi connectivity index (χ1n) is 11.6. The van der Waals surface area contributed by atoms with Crippen molar-refractivity contribution in [3.05, 3.63) is 126 Å². The topological polar surface area (TPSA) is 26.4 Å². The lowest BCUT2D eigenvalue weighted by Crippen LogP contribution is -2.35. The van der Waals surface area contributed by atoms with E-state index in [1.165, 1.54) is 33.4 Å². The van der Waals surface area contributed by atoms with Gasteiger partial charge in [-0.05, 0) is 69.8 Å². The van der Waals surface area contributed by atoms with Crippen molar-refractivity contribution in [3.63, 3.8) is 0 Å². The lowest BCUT2D eigenvalue weighted by atomic mass is 10.0. The summed E-state index contributed by atoms with van der Waals surface area (Å²) in [5.74, 6) is 0. The molecular weight excluding hydrogens is 408 g/mol. The Morgan fingerprint density at radius 2 is 0.727 bits per heavy atom. The molecule has 0 saturated heterocycles. The van der Waals surface area contributed by atoms with E-state index in [9.17, 15) is 0 Å². The van der Waals surface area contributed by atoms with Gasteiger partial charge >= 0.3 is 0 Å².